The molecule has 156 valence electrons. The molecule has 0 saturated carbocycles. The number of benzene rings is 1. The number of halogens is 2. The van der Waals surface area contributed by atoms with E-state index in [4.69, 9.17) is 23.2 Å². The fourth-order valence-corrected chi connectivity index (χ4v) is 3.69. The lowest BCUT2D eigenvalue weighted by Gasteiger charge is -2.36. The molecule has 1 aliphatic rings. The van der Waals surface area contributed by atoms with E-state index in [1.165, 1.54) is 5.69 Å². The molecule has 1 aliphatic heterocycles. The Kier molecular flexibility index (Phi) is 7.28. The number of hydrogen-bond acceptors (Lipinski definition) is 3. The highest BCUT2D eigenvalue weighted by molar-refractivity contribution is 6.41. The normalized spacial score (nSPS) is 14.8. The Morgan fingerprint density at radius 1 is 1.10 bits per heavy atom. The summed E-state index contributed by atoms with van der Waals surface area (Å²) in [6.07, 6.45) is 0. The van der Waals surface area contributed by atoms with E-state index in [0.717, 1.165) is 18.8 Å². The highest BCUT2D eigenvalue weighted by atomic mass is 35.5. The van der Waals surface area contributed by atoms with Crippen LogP contribution in [-0.4, -0.2) is 61.1 Å². The molecule has 0 bridgehead atoms. The maximum Gasteiger partial charge on any atom is 0.242 e. The summed E-state index contributed by atoms with van der Waals surface area (Å²) in [5.41, 5.74) is 2.12. The van der Waals surface area contributed by atoms with Crippen molar-refractivity contribution in [1.82, 2.24) is 20.1 Å². The van der Waals surface area contributed by atoms with Crippen molar-refractivity contribution in [1.29, 1.82) is 0 Å². The molecule has 2 heterocycles. The average molecular weight is 437 g/mol. The third kappa shape index (κ3) is 5.36. The molecule has 1 aromatic carbocycles. The van der Waals surface area contributed by atoms with Crippen molar-refractivity contribution in [3.63, 3.8) is 0 Å². The second-order valence-corrected chi connectivity index (χ2v) is 7.58. The van der Waals surface area contributed by atoms with Crippen LogP contribution in [0.2, 0.25) is 10.2 Å². The number of anilines is 1. The Bertz CT molecular complexity index is 859. The molecular weight excluding hydrogens is 411 g/mol. The number of carbonyl (C=O) groups is 1. The van der Waals surface area contributed by atoms with Crippen molar-refractivity contribution in [2.24, 2.45) is 12.0 Å². The Hall–Kier alpha value is -2.38. The Balaban J connectivity index is 1.44. The highest BCUT2D eigenvalue weighted by Crippen LogP contribution is 2.24. The molecule has 0 unspecified atom stereocenters. The number of nitrogens with zero attached hydrogens (tertiary/aromatic N) is 4. The van der Waals surface area contributed by atoms with Gasteiger partial charge in [-0.3, -0.25) is 9.79 Å². The molecule has 0 radical (unpaired) electrons. The molecule has 0 aliphatic carbocycles. The summed E-state index contributed by atoms with van der Waals surface area (Å²) in [5, 5.41) is 7.26. The van der Waals surface area contributed by atoms with Crippen LogP contribution < -0.4 is 15.5 Å². The lowest BCUT2D eigenvalue weighted by Crippen LogP contribution is -2.52. The molecule has 7 nitrogen and oxygen atoms in total. The van der Waals surface area contributed by atoms with Gasteiger partial charge in [0.1, 0.15) is 5.15 Å². The van der Waals surface area contributed by atoms with E-state index in [1.54, 1.807) is 7.05 Å². The maximum absolute atomic E-state index is 12.6. The third-order valence-corrected chi connectivity index (χ3v) is 5.88. The van der Waals surface area contributed by atoms with Crippen LogP contribution in [0.3, 0.4) is 0 Å². The van der Waals surface area contributed by atoms with Crippen LogP contribution in [0.5, 0.6) is 0 Å². The van der Waals surface area contributed by atoms with Crippen molar-refractivity contribution in [2.45, 2.75) is 6.54 Å². The van der Waals surface area contributed by atoms with E-state index in [0.29, 0.717) is 35.8 Å². The maximum atomic E-state index is 12.6. The number of aromatic nitrogens is 1. The molecule has 1 amide bonds. The van der Waals surface area contributed by atoms with E-state index < -0.39 is 0 Å². The van der Waals surface area contributed by atoms with Crippen LogP contribution in [0.1, 0.15) is 5.69 Å². The van der Waals surface area contributed by atoms with Crippen LogP contribution in [0.4, 0.5) is 5.69 Å². The quantitative estimate of drug-likeness (QED) is 0.557. The van der Waals surface area contributed by atoms with Crippen LogP contribution in [0.15, 0.2) is 41.4 Å². The van der Waals surface area contributed by atoms with Crippen LogP contribution in [-0.2, 0) is 18.4 Å². The fourth-order valence-electron chi connectivity index (χ4n) is 3.28. The van der Waals surface area contributed by atoms with Gasteiger partial charge in [0.2, 0.25) is 5.91 Å². The lowest BCUT2D eigenvalue weighted by atomic mass is 10.2. The van der Waals surface area contributed by atoms with Gasteiger partial charge in [0.15, 0.2) is 5.96 Å². The molecule has 1 fully saturated rings. The summed E-state index contributed by atoms with van der Waals surface area (Å²) in [5.74, 6) is 0.611. The standard InChI is InChI=1S/C20H26Cl2N6O/c1-23-20(24-13-16-12-17(21)19(22)26(16)2)25-14-18(29)28-10-8-27(9-11-28)15-6-4-3-5-7-15/h3-7,12H,8-11,13-14H2,1-2H3,(H2,23,24,25). The van der Waals surface area contributed by atoms with E-state index in [1.807, 2.05) is 40.8 Å². The zero-order valence-corrected chi connectivity index (χ0v) is 18.2. The zero-order chi connectivity index (χ0) is 20.8. The number of rotatable bonds is 5. The van der Waals surface area contributed by atoms with Crippen molar-refractivity contribution in [3.8, 4) is 0 Å². The molecule has 9 heteroatoms. The predicted molar refractivity (Wildman–Crippen MR) is 119 cm³/mol. The predicted octanol–water partition coefficient (Wildman–Crippen LogP) is 2.35. The van der Waals surface area contributed by atoms with Gasteiger partial charge in [-0.1, -0.05) is 41.4 Å². The summed E-state index contributed by atoms with van der Waals surface area (Å²) in [6.45, 7) is 3.77. The second kappa shape index (κ2) is 9.89. The van der Waals surface area contributed by atoms with E-state index >= 15 is 0 Å². The number of guanidine groups is 1. The first-order chi connectivity index (χ1) is 14.0. The number of aliphatic imine (C=N–C) groups is 1. The number of para-hydroxylation sites is 1. The highest BCUT2D eigenvalue weighted by Gasteiger charge is 2.21. The molecule has 0 atom stereocenters. The van der Waals surface area contributed by atoms with Gasteiger partial charge in [0.25, 0.3) is 0 Å². The molecule has 29 heavy (non-hydrogen) atoms. The monoisotopic (exact) mass is 436 g/mol. The molecule has 2 aromatic rings. The van der Waals surface area contributed by atoms with Gasteiger partial charge in [0, 0.05) is 51.7 Å². The zero-order valence-electron chi connectivity index (χ0n) is 16.7. The minimum Gasteiger partial charge on any atom is -0.368 e. The topological polar surface area (TPSA) is 64.9 Å². The van der Waals surface area contributed by atoms with Gasteiger partial charge in [-0.15, -0.1) is 0 Å². The summed E-state index contributed by atoms with van der Waals surface area (Å²) >= 11 is 12.1. The second-order valence-electron chi connectivity index (χ2n) is 6.82. The minimum absolute atomic E-state index is 0.0608. The van der Waals surface area contributed by atoms with E-state index in [9.17, 15) is 4.79 Å². The summed E-state index contributed by atoms with van der Waals surface area (Å²) in [4.78, 5) is 20.9. The van der Waals surface area contributed by atoms with E-state index in [2.05, 4.69) is 32.7 Å². The molecule has 2 N–H and O–H groups in total. The molecule has 0 spiro atoms. The summed E-state index contributed by atoms with van der Waals surface area (Å²) in [6, 6.07) is 12.1. The van der Waals surface area contributed by atoms with Gasteiger partial charge in [-0.2, -0.15) is 0 Å². The number of amides is 1. The largest absolute Gasteiger partial charge is 0.368 e. The van der Waals surface area contributed by atoms with Gasteiger partial charge >= 0.3 is 0 Å². The van der Waals surface area contributed by atoms with Crippen molar-refractivity contribution in [3.05, 3.63) is 52.3 Å². The average Bonchev–Trinajstić information content (AvgIpc) is 3.01. The first-order valence-corrected chi connectivity index (χ1v) is 10.3. The minimum atomic E-state index is 0.0608. The smallest absolute Gasteiger partial charge is 0.242 e. The molecule has 3 rings (SSSR count). The van der Waals surface area contributed by atoms with E-state index in [-0.39, 0.29) is 12.5 Å². The number of piperazine rings is 1. The summed E-state index contributed by atoms with van der Waals surface area (Å²) < 4.78 is 1.81. The van der Waals surface area contributed by atoms with Crippen LogP contribution in [0.25, 0.3) is 0 Å². The fraction of sp³-hybridized carbons (Fsp3) is 0.400. The number of hydrogen-bond donors (Lipinski definition) is 2. The SMILES string of the molecule is CN=C(NCC(=O)N1CCN(c2ccccc2)CC1)NCc1cc(Cl)c(Cl)n1C. The van der Waals surface area contributed by atoms with Crippen LogP contribution in [0, 0.1) is 0 Å². The Labute approximate surface area is 181 Å². The molecular formula is C20H26Cl2N6O. The third-order valence-electron chi connectivity index (χ3n) is 5.04. The van der Waals surface area contributed by atoms with Crippen LogP contribution >= 0.6 is 23.2 Å². The molecule has 1 aromatic heterocycles. The van der Waals surface area contributed by atoms with Crippen molar-refractivity contribution in [2.75, 3.05) is 44.7 Å². The van der Waals surface area contributed by atoms with Gasteiger partial charge in [-0.25, -0.2) is 0 Å². The summed E-state index contributed by atoms with van der Waals surface area (Å²) in [7, 11) is 3.52. The van der Waals surface area contributed by atoms with Gasteiger partial charge < -0.3 is 25.0 Å². The first-order valence-electron chi connectivity index (χ1n) is 9.51. The molecule has 1 saturated heterocycles. The van der Waals surface area contributed by atoms with Gasteiger partial charge in [-0.05, 0) is 18.2 Å². The first kappa shape index (κ1) is 21.3. The Morgan fingerprint density at radius 3 is 2.38 bits per heavy atom. The van der Waals surface area contributed by atoms with Crippen molar-refractivity contribution < 1.29 is 4.79 Å². The number of carbonyl (C=O) groups excluding carboxylic acids is 1. The van der Waals surface area contributed by atoms with Crippen molar-refractivity contribution >= 4 is 40.8 Å². The van der Waals surface area contributed by atoms with Gasteiger partial charge in [0.05, 0.1) is 18.1 Å². The number of nitrogens with one attached hydrogen (secondary N) is 2. The lowest BCUT2D eigenvalue weighted by molar-refractivity contribution is -0.130. The Morgan fingerprint density at radius 2 is 1.79 bits per heavy atom.